The maximum Gasteiger partial charge on any atom is 0.0906 e. The molecule has 2 bridgehead atoms. The largest absolute Gasteiger partial charge is 0.249 e. The van der Waals surface area contributed by atoms with E-state index in [1.807, 2.05) is 71.3 Å². The summed E-state index contributed by atoms with van der Waals surface area (Å²) in [5.74, 6) is 0.742. The van der Waals surface area contributed by atoms with Crippen LogP contribution < -0.4 is 0 Å². The fraction of sp³-hybridized carbons (Fsp3) is 0.200. The van der Waals surface area contributed by atoms with Crippen molar-refractivity contribution in [1.29, 1.82) is 0 Å². The summed E-state index contributed by atoms with van der Waals surface area (Å²) >= 11 is 7.43. The number of thioether (sulfide) groups is 4. The topological polar surface area (TPSA) is 51.6 Å². The highest BCUT2D eigenvalue weighted by atomic mass is 32.2. The lowest BCUT2D eigenvalue weighted by Crippen LogP contribution is -2.34. The first-order chi connectivity index (χ1) is 18.5. The molecule has 10 rings (SSSR count). The van der Waals surface area contributed by atoms with Crippen LogP contribution in [0.25, 0.3) is 33.1 Å². The summed E-state index contributed by atoms with van der Waals surface area (Å²) in [5, 5.41) is 0. The molecule has 38 heavy (non-hydrogen) atoms. The Balaban J connectivity index is 1.08. The Labute approximate surface area is 236 Å². The molecular formula is C30H20N4S4. The fourth-order valence-electron chi connectivity index (χ4n) is 6.07. The van der Waals surface area contributed by atoms with Gasteiger partial charge in [0.25, 0.3) is 0 Å². The Morgan fingerprint density at radius 1 is 0.605 bits per heavy atom. The van der Waals surface area contributed by atoms with Gasteiger partial charge in [0.15, 0.2) is 0 Å². The van der Waals surface area contributed by atoms with E-state index in [0.29, 0.717) is 11.8 Å². The Hall–Kier alpha value is -2.52. The molecule has 184 valence electrons. The second kappa shape index (κ2) is 7.78. The van der Waals surface area contributed by atoms with E-state index in [-0.39, 0.29) is 5.41 Å². The lowest BCUT2D eigenvalue weighted by molar-refractivity contribution is 0.243. The minimum absolute atomic E-state index is 0.238. The SMILES string of the molecule is CC1(C)CC2C=CC1c1nc3cc4c(cc3nc12)SC(=C1Sc2cc3nc5ccccc5nc3cc2S1)S4. The molecule has 5 aromatic rings. The summed E-state index contributed by atoms with van der Waals surface area (Å²) in [6.45, 7) is 4.73. The van der Waals surface area contributed by atoms with Gasteiger partial charge < -0.3 is 0 Å². The van der Waals surface area contributed by atoms with E-state index in [2.05, 4.69) is 50.3 Å². The van der Waals surface area contributed by atoms with Gasteiger partial charge in [0.1, 0.15) is 0 Å². The number of hydrogen-bond acceptors (Lipinski definition) is 8. The molecule has 2 aromatic heterocycles. The quantitative estimate of drug-likeness (QED) is 0.136. The van der Waals surface area contributed by atoms with Crippen LogP contribution in [0.15, 0.2) is 88.7 Å². The van der Waals surface area contributed by atoms with Crippen LogP contribution in [-0.2, 0) is 0 Å². The Morgan fingerprint density at radius 3 is 1.58 bits per heavy atom. The molecule has 2 aliphatic heterocycles. The van der Waals surface area contributed by atoms with Gasteiger partial charge in [-0.25, -0.2) is 19.9 Å². The first-order valence-electron chi connectivity index (χ1n) is 12.7. The molecule has 0 N–H and O–H groups in total. The summed E-state index contributed by atoms with van der Waals surface area (Å²) in [7, 11) is 0. The molecule has 0 fully saturated rings. The molecule has 2 unspecified atom stereocenters. The molecule has 3 aromatic carbocycles. The zero-order chi connectivity index (χ0) is 25.2. The van der Waals surface area contributed by atoms with Crippen LogP contribution in [0.1, 0.15) is 43.5 Å². The number of para-hydroxylation sites is 2. The van der Waals surface area contributed by atoms with Gasteiger partial charge in [0, 0.05) is 31.4 Å². The molecule has 2 atom stereocenters. The van der Waals surface area contributed by atoms with Gasteiger partial charge in [-0.3, -0.25) is 0 Å². The lowest BCUT2D eigenvalue weighted by atomic mass is 9.61. The molecule has 8 heteroatoms. The minimum Gasteiger partial charge on any atom is -0.249 e. The molecule has 4 nitrogen and oxygen atoms in total. The first-order valence-corrected chi connectivity index (χ1v) is 16.0. The predicted molar refractivity (Wildman–Crippen MR) is 160 cm³/mol. The van der Waals surface area contributed by atoms with Crippen molar-refractivity contribution in [2.75, 3.05) is 0 Å². The smallest absolute Gasteiger partial charge is 0.0906 e. The third-order valence-electron chi connectivity index (χ3n) is 7.94. The summed E-state index contributed by atoms with van der Waals surface area (Å²) < 4.78 is 2.67. The van der Waals surface area contributed by atoms with Gasteiger partial charge in [0.05, 0.1) is 53.0 Å². The maximum absolute atomic E-state index is 5.20. The highest BCUT2D eigenvalue weighted by molar-refractivity contribution is 8.30. The lowest BCUT2D eigenvalue weighted by Gasteiger charge is -2.44. The van der Waals surface area contributed by atoms with Crippen molar-refractivity contribution in [3.8, 4) is 0 Å². The first kappa shape index (κ1) is 22.3. The highest BCUT2D eigenvalue weighted by Gasteiger charge is 2.43. The zero-order valence-corrected chi connectivity index (χ0v) is 23.8. The van der Waals surface area contributed by atoms with Crippen LogP contribution in [-0.4, -0.2) is 19.9 Å². The normalized spacial score (nSPS) is 22.5. The van der Waals surface area contributed by atoms with Gasteiger partial charge in [0.2, 0.25) is 0 Å². The number of nitrogens with zero attached hydrogens (tertiary/aromatic N) is 4. The third kappa shape index (κ3) is 3.24. The molecule has 5 aliphatic rings. The van der Waals surface area contributed by atoms with Crippen molar-refractivity contribution in [3.63, 3.8) is 0 Å². The van der Waals surface area contributed by atoms with E-state index in [9.17, 15) is 0 Å². The maximum atomic E-state index is 5.20. The molecule has 0 radical (unpaired) electrons. The Morgan fingerprint density at radius 2 is 1.08 bits per heavy atom. The standard InChI is InChI=1S/C30H20N4S4/c1-30(2)13-14-7-8-15(30)27-26(14)33-20-11-24-25(12-21(20)34-27)38-29(37-24)28-35-22-9-18-19(10-23(22)36-28)32-17-6-4-3-5-16(17)31-18/h3-12,14-15H,13H2,1-2H3. The van der Waals surface area contributed by atoms with E-state index in [1.165, 1.54) is 39.4 Å². The van der Waals surface area contributed by atoms with Crippen molar-refractivity contribution < 1.29 is 0 Å². The van der Waals surface area contributed by atoms with Gasteiger partial charge in [-0.15, -0.1) is 0 Å². The van der Waals surface area contributed by atoms with Crippen molar-refractivity contribution >= 4 is 80.1 Å². The van der Waals surface area contributed by atoms with Crippen LogP contribution in [0.5, 0.6) is 0 Å². The van der Waals surface area contributed by atoms with Crippen LogP contribution in [0.4, 0.5) is 0 Å². The summed E-state index contributed by atoms with van der Waals surface area (Å²) in [5.41, 5.74) is 8.45. The number of rotatable bonds is 0. The number of aromatic nitrogens is 4. The van der Waals surface area contributed by atoms with E-state index >= 15 is 0 Å². The number of hydrogen-bond donors (Lipinski definition) is 0. The average molecular weight is 565 g/mol. The van der Waals surface area contributed by atoms with Crippen molar-refractivity contribution in [1.82, 2.24) is 19.9 Å². The van der Waals surface area contributed by atoms with E-state index in [1.54, 1.807) is 0 Å². The molecule has 3 aliphatic carbocycles. The summed E-state index contributed by atoms with van der Waals surface area (Å²) in [6.07, 6.45) is 5.86. The van der Waals surface area contributed by atoms with Crippen molar-refractivity contribution in [2.24, 2.45) is 5.41 Å². The third-order valence-corrected chi connectivity index (χ3v) is 13.5. The van der Waals surface area contributed by atoms with Crippen LogP contribution in [0, 0.1) is 5.41 Å². The van der Waals surface area contributed by atoms with Crippen LogP contribution >= 0.6 is 47.0 Å². The second-order valence-corrected chi connectivity index (χ2v) is 15.7. The second-order valence-electron chi connectivity index (χ2n) is 10.9. The zero-order valence-electron chi connectivity index (χ0n) is 20.6. The highest BCUT2D eigenvalue weighted by Crippen LogP contribution is 2.62. The molecule has 0 saturated carbocycles. The molecule has 0 amide bonds. The molecule has 4 heterocycles. The Bertz CT molecular complexity index is 1900. The summed E-state index contributed by atoms with van der Waals surface area (Å²) in [6, 6.07) is 17.0. The van der Waals surface area contributed by atoms with Gasteiger partial charge in [-0.2, -0.15) is 0 Å². The minimum atomic E-state index is 0.238. The van der Waals surface area contributed by atoms with Gasteiger partial charge in [-0.05, 0) is 48.2 Å². The fourth-order valence-corrected chi connectivity index (χ4v) is 11.4. The predicted octanol–water partition coefficient (Wildman–Crippen LogP) is 9.12. The van der Waals surface area contributed by atoms with E-state index in [0.717, 1.165) is 39.5 Å². The number of allylic oxidation sites excluding steroid dienone is 2. The molecular weight excluding hydrogens is 545 g/mol. The Kier molecular flexibility index (Phi) is 4.57. The number of benzene rings is 3. The van der Waals surface area contributed by atoms with E-state index in [4.69, 9.17) is 19.9 Å². The van der Waals surface area contributed by atoms with Gasteiger partial charge in [-0.1, -0.05) is 85.2 Å². The van der Waals surface area contributed by atoms with Crippen molar-refractivity contribution in [3.05, 3.63) is 80.5 Å². The van der Waals surface area contributed by atoms with Gasteiger partial charge >= 0.3 is 0 Å². The molecule has 0 spiro atoms. The monoisotopic (exact) mass is 564 g/mol. The van der Waals surface area contributed by atoms with Crippen molar-refractivity contribution in [2.45, 2.75) is 51.7 Å². The van der Waals surface area contributed by atoms with E-state index < -0.39 is 0 Å². The average Bonchev–Trinajstić information content (AvgIpc) is 3.51. The van der Waals surface area contributed by atoms with Crippen LogP contribution in [0.3, 0.4) is 0 Å². The van der Waals surface area contributed by atoms with Crippen LogP contribution in [0.2, 0.25) is 0 Å². The summed E-state index contributed by atoms with van der Waals surface area (Å²) in [4.78, 5) is 25.2. The molecule has 0 saturated heterocycles. The number of fused-ring (bicyclic) bond motifs is 6.